The maximum absolute atomic E-state index is 11.9. The maximum atomic E-state index is 11.9. The summed E-state index contributed by atoms with van der Waals surface area (Å²) in [6.45, 7) is 3.82. The molecule has 0 unspecified atom stereocenters. The Morgan fingerprint density at radius 2 is 1.68 bits per heavy atom. The molecule has 3 nitrogen and oxygen atoms in total. The lowest BCUT2D eigenvalue weighted by molar-refractivity contribution is 0.0954. The average molecular weight is 252 g/mol. The number of amides is 1. The SMILES string of the molecule is C/C(=N\NC(=O)c1cccc(C)c1)c1ccccc1. The van der Waals surface area contributed by atoms with Gasteiger partial charge >= 0.3 is 0 Å². The van der Waals surface area contributed by atoms with Crippen LogP contribution < -0.4 is 5.43 Å². The molecule has 0 saturated heterocycles. The molecule has 2 aromatic rings. The van der Waals surface area contributed by atoms with Gasteiger partial charge in [0.1, 0.15) is 0 Å². The maximum Gasteiger partial charge on any atom is 0.271 e. The highest BCUT2D eigenvalue weighted by atomic mass is 16.2. The van der Waals surface area contributed by atoms with E-state index in [2.05, 4.69) is 10.5 Å². The lowest BCUT2D eigenvalue weighted by Gasteiger charge is -2.03. The Bertz CT molecular complexity index is 603. The fourth-order valence-electron chi connectivity index (χ4n) is 1.73. The van der Waals surface area contributed by atoms with Crippen LogP contribution >= 0.6 is 0 Å². The van der Waals surface area contributed by atoms with E-state index in [1.165, 1.54) is 0 Å². The number of nitrogens with zero attached hydrogens (tertiary/aromatic N) is 1. The zero-order valence-corrected chi connectivity index (χ0v) is 11.1. The quantitative estimate of drug-likeness (QED) is 0.661. The third-order valence-electron chi connectivity index (χ3n) is 2.80. The lowest BCUT2D eigenvalue weighted by atomic mass is 10.1. The number of rotatable bonds is 3. The first kappa shape index (κ1) is 13.0. The van der Waals surface area contributed by atoms with Gasteiger partial charge in [-0.1, -0.05) is 48.0 Å². The second-order valence-corrected chi connectivity index (χ2v) is 4.37. The zero-order chi connectivity index (χ0) is 13.7. The molecule has 0 aliphatic carbocycles. The van der Waals surface area contributed by atoms with Gasteiger partial charge < -0.3 is 0 Å². The first-order valence-electron chi connectivity index (χ1n) is 6.13. The molecule has 0 bridgehead atoms. The lowest BCUT2D eigenvalue weighted by Crippen LogP contribution is -2.19. The summed E-state index contributed by atoms with van der Waals surface area (Å²) >= 11 is 0. The van der Waals surface area contributed by atoms with Gasteiger partial charge in [0.2, 0.25) is 0 Å². The van der Waals surface area contributed by atoms with E-state index in [1.54, 1.807) is 6.07 Å². The van der Waals surface area contributed by atoms with Gasteiger partial charge in [-0.3, -0.25) is 4.79 Å². The summed E-state index contributed by atoms with van der Waals surface area (Å²) in [5, 5.41) is 4.12. The van der Waals surface area contributed by atoms with E-state index in [9.17, 15) is 4.79 Å². The van der Waals surface area contributed by atoms with Crippen LogP contribution in [0, 0.1) is 6.92 Å². The standard InChI is InChI=1S/C16H16N2O/c1-12-7-6-10-15(11-12)16(19)18-17-13(2)14-8-4-3-5-9-14/h3-11H,1-2H3,(H,18,19)/b17-13+. The first-order chi connectivity index (χ1) is 9.16. The van der Waals surface area contributed by atoms with Crippen LogP contribution in [0.3, 0.4) is 0 Å². The fourth-order valence-corrected chi connectivity index (χ4v) is 1.73. The first-order valence-corrected chi connectivity index (χ1v) is 6.13. The van der Waals surface area contributed by atoms with Crippen molar-refractivity contribution in [3.05, 3.63) is 71.3 Å². The number of hydrazone groups is 1. The molecule has 0 radical (unpaired) electrons. The number of aryl methyl sites for hydroxylation is 1. The van der Waals surface area contributed by atoms with Crippen molar-refractivity contribution in [2.75, 3.05) is 0 Å². The Morgan fingerprint density at radius 3 is 2.37 bits per heavy atom. The molecule has 3 heteroatoms. The highest BCUT2D eigenvalue weighted by molar-refractivity contribution is 6.00. The van der Waals surface area contributed by atoms with Crippen molar-refractivity contribution >= 4 is 11.6 Å². The fraction of sp³-hybridized carbons (Fsp3) is 0.125. The van der Waals surface area contributed by atoms with Crippen molar-refractivity contribution in [2.24, 2.45) is 5.10 Å². The summed E-state index contributed by atoms with van der Waals surface area (Å²) in [5.41, 5.74) is 6.01. The van der Waals surface area contributed by atoms with Crippen molar-refractivity contribution in [2.45, 2.75) is 13.8 Å². The Kier molecular flexibility index (Phi) is 4.08. The third kappa shape index (κ3) is 3.52. The van der Waals surface area contributed by atoms with Gasteiger partial charge in [0, 0.05) is 5.56 Å². The van der Waals surface area contributed by atoms with E-state index in [0.29, 0.717) is 5.56 Å². The minimum atomic E-state index is -0.195. The van der Waals surface area contributed by atoms with Gasteiger partial charge in [0.05, 0.1) is 5.71 Å². The molecular weight excluding hydrogens is 236 g/mol. The van der Waals surface area contributed by atoms with Crippen molar-refractivity contribution in [3.63, 3.8) is 0 Å². The molecule has 0 saturated carbocycles. The van der Waals surface area contributed by atoms with Crippen LogP contribution in [0.2, 0.25) is 0 Å². The van der Waals surface area contributed by atoms with Crippen LogP contribution in [-0.2, 0) is 0 Å². The van der Waals surface area contributed by atoms with Crippen molar-refractivity contribution in [1.82, 2.24) is 5.43 Å². The summed E-state index contributed by atoms with van der Waals surface area (Å²) < 4.78 is 0. The van der Waals surface area contributed by atoms with Crippen LogP contribution in [-0.4, -0.2) is 11.6 Å². The summed E-state index contributed by atoms with van der Waals surface area (Å²) in [6, 6.07) is 17.2. The zero-order valence-electron chi connectivity index (χ0n) is 11.1. The van der Waals surface area contributed by atoms with E-state index in [1.807, 2.05) is 62.4 Å². The van der Waals surface area contributed by atoms with Crippen molar-refractivity contribution in [3.8, 4) is 0 Å². The predicted molar refractivity (Wildman–Crippen MR) is 77.3 cm³/mol. The number of hydrogen-bond acceptors (Lipinski definition) is 2. The van der Waals surface area contributed by atoms with E-state index in [4.69, 9.17) is 0 Å². The molecule has 1 N–H and O–H groups in total. The van der Waals surface area contributed by atoms with Crippen LogP contribution in [0.15, 0.2) is 59.7 Å². The van der Waals surface area contributed by atoms with Gasteiger partial charge in [0.25, 0.3) is 5.91 Å². The van der Waals surface area contributed by atoms with Crippen LogP contribution in [0.1, 0.15) is 28.4 Å². The average Bonchev–Trinajstić information content (AvgIpc) is 2.45. The molecule has 96 valence electrons. The van der Waals surface area contributed by atoms with E-state index in [-0.39, 0.29) is 5.91 Å². The smallest absolute Gasteiger partial charge is 0.267 e. The van der Waals surface area contributed by atoms with Gasteiger partial charge in [-0.25, -0.2) is 5.43 Å². The number of nitrogens with one attached hydrogen (secondary N) is 1. The molecule has 0 atom stereocenters. The highest BCUT2D eigenvalue weighted by Gasteiger charge is 2.04. The summed E-state index contributed by atoms with van der Waals surface area (Å²) in [5.74, 6) is -0.195. The van der Waals surface area contributed by atoms with E-state index >= 15 is 0 Å². The molecule has 0 fully saturated rings. The second-order valence-electron chi connectivity index (χ2n) is 4.37. The van der Waals surface area contributed by atoms with Crippen molar-refractivity contribution in [1.29, 1.82) is 0 Å². The van der Waals surface area contributed by atoms with Crippen LogP contribution in [0.25, 0.3) is 0 Å². The van der Waals surface area contributed by atoms with Gasteiger partial charge in [-0.2, -0.15) is 5.10 Å². The van der Waals surface area contributed by atoms with Crippen LogP contribution in [0.5, 0.6) is 0 Å². The molecule has 0 aliphatic heterocycles. The Balaban J connectivity index is 2.08. The third-order valence-corrected chi connectivity index (χ3v) is 2.80. The Hall–Kier alpha value is -2.42. The van der Waals surface area contributed by atoms with Gasteiger partial charge in [-0.15, -0.1) is 0 Å². The van der Waals surface area contributed by atoms with Gasteiger partial charge in [-0.05, 0) is 31.5 Å². The second kappa shape index (κ2) is 5.96. The highest BCUT2D eigenvalue weighted by Crippen LogP contribution is 2.04. The molecule has 0 spiro atoms. The summed E-state index contributed by atoms with van der Waals surface area (Å²) in [7, 11) is 0. The minimum absolute atomic E-state index is 0.195. The molecular formula is C16H16N2O. The van der Waals surface area contributed by atoms with Crippen LogP contribution in [0.4, 0.5) is 0 Å². The molecule has 19 heavy (non-hydrogen) atoms. The molecule has 0 aromatic heterocycles. The van der Waals surface area contributed by atoms with Gasteiger partial charge in [0.15, 0.2) is 0 Å². The summed E-state index contributed by atoms with van der Waals surface area (Å²) in [4.78, 5) is 11.9. The number of hydrogen-bond donors (Lipinski definition) is 1. The Morgan fingerprint density at radius 1 is 1.00 bits per heavy atom. The van der Waals surface area contributed by atoms with Crippen molar-refractivity contribution < 1.29 is 4.79 Å². The largest absolute Gasteiger partial charge is 0.271 e. The summed E-state index contributed by atoms with van der Waals surface area (Å²) in [6.07, 6.45) is 0. The minimum Gasteiger partial charge on any atom is -0.267 e. The van der Waals surface area contributed by atoms with E-state index in [0.717, 1.165) is 16.8 Å². The monoisotopic (exact) mass is 252 g/mol. The predicted octanol–water partition coefficient (Wildman–Crippen LogP) is 3.15. The molecule has 1 amide bonds. The number of carbonyl (C=O) groups excluding carboxylic acids is 1. The Labute approximate surface area is 113 Å². The molecule has 0 heterocycles. The normalized spacial score (nSPS) is 11.2. The molecule has 2 aromatic carbocycles. The topological polar surface area (TPSA) is 41.5 Å². The number of carbonyl (C=O) groups is 1. The number of benzene rings is 2. The van der Waals surface area contributed by atoms with E-state index < -0.39 is 0 Å². The molecule has 2 rings (SSSR count). The molecule has 0 aliphatic rings.